The Morgan fingerprint density at radius 2 is 1.95 bits per heavy atom. The van der Waals surface area contributed by atoms with Crippen molar-refractivity contribution in [2.75, 3.05) is 7.11 Å². The SMILES string of the molecule is COCc1ccc(C2CC(=O)c3cc(C)ccc3O2)cc1. The molecule has 0 spiro atoms. The third-order valence-corrected chi connectivity index (χ3v) is 3.74. The van der Waals surface area contributed by atoms with Gasteiger partial charge in [-0.3, -0.25) is 4.79 Å². The quantitative estimate of drug-likeness (QED) is 0.857. The molecule has 1 unspecified atom stereocenters. The number of methoxy groups -OCH3 is 1. The molecule has 1 heterocycles. The molecule has 21 heavy (non-hydrogen) atoms. The number of ketones is 1. The number of carbonyl (C=O) groups excluding carboxylic acids is 1. The molecule has 2 aromatic carbocycles. The van der Waals surface area contributed by atoms with Crippen LogP contribution in [0.5, 0.6) is 5.75 Å². The zero-order chi connectivity index (χ0) is 14.8. The molecule has 108 valence electrons. The first kappa shape index (κ1) is 13.8. The smallest absolute Gasteiger partial charge is 0.170 e. The van der Waals surface area contributed by atoms with Gasteiger partial charge in [0.15, 0.2) is 5.78 Å². The summed E-state index contributed by atoms with van der Waals surface area (Å²) in [5.41, 5.74) is 3.91. The van der Waals surface area contributed by atoms with Gasteiger partial charge in [-0.2, -0.15) is 0 Å². The van der Waals surface area contributed by atoms with Gasteiger partial charge in [0, 0.05) is 7.11 Å². The zero-order valence-electron chi connectivity index (χ0n) is 12.3. The standard InChI is InChI=1S/C18H18O3/c1-12-3-8-17-15(9-12)16(19)10-18(21-17)14-6-4-13(5-7-14)11-20-2/h3-9,18H,10-11H2,1-2H3. The summed E-state index contributed by atoms with van der Waals surface area (Å²) in [5.74, 6) is 0.828. The van der Waals surface area contributed by atoms with Crippen LogP contribution < -0.4 is 4.74 Å². The Morgan fingerprint density at radius 3 is 2.67 bits per heavy atom. The second kappa shape index (κ2) is 5.70. The molecule has 1 aliphatic rings. The van der Waals surface area contributed by atoms with Gasteiger partial charge in [-0.1, -0.05) is 35.9 Å². The van der Waals surface area contributed by atoms with Crippen molar-refractivity contribution in [1.29, 1.82) is 0 Å². The lowest BCUT2D eigenvalue weighted by molar-refractivity contribution is 0.0850. The maximum atomic E-state index is 12.3. The molecule has 3 rings (SSSR count). The number of benzene rings is 2. The molecule has 0 saturated carbocycles. The summed E-state index contributed by atoms with van der Waals surface area (Å²) in [5, 5.41) is 0. The maximum Gasteiger partial charge on any atom is 0.170 e. The van der Waals surface area contributed by atoms with Crippen LogP contribution in [0.4, 0.5) is 0 Å². The Bertz CT molecular complexity index is 659. The average molecular weight is 282 g/mol. The predicted octanol–water partition coefficient (Wildman–Crippen LogP) is 3.85. The van der Waals surface area contributed by atoms with E-state index in [2.05, 4.69) is 0 Å². The molecule has 2 aromatic rings. The van der Waals surface area contributed by atoms with E-state index in [4.69, 9.17) is 9.47 Å². The normalized spacial score (nSPS) is 17.2. The summed E-state index contributed by atoms with van der Waals surface area (Å²) in [6.45, 7) is 2.57. The van der Waals surface area contributed by atoms with Gasteiger partial charge < -0.3 is 9.47 Å². The number of carbonyl (C=O) groups is 1. The van der Waals surface area contributed by atoms with Crippen LogP contribution >= 0.6 is 0 Å². The van der Waals surface area contributed by atoms with E-state index in [9.17, 15) is 4.79 Å². The minimum atomic E-state index is -0.204. The highest BCUT2D eigenvalue weighted by Crippen LogP contribution is 2.35. The Hall–Kier alpha value is -2.13. The number of rotatable bonds is 3. The van der Waals surface area contributed by atoms with Gasteiger partial charge in [-0.25, -0.2) is 0 Å². The van der Waals surface area contributed by atoms with E-state index < -0.39 is 0 Å². The Kier molecular flexibility index (Phi) is 3.76. The first-order valence-corrected chi connectivity index (χ1v) is 7.05. The monoisotopic (exact) mass is 282 g/mol. The van der Waals surface area contributed by atoms with Crippen molar-refractivity contribution in [2.24, 2.45) is 0 Å². The van der Waals surface area contributed by atoms with E-state index in [1.54, 1.807) is 7.11 Å². The number of fused-ring (bicyclic) bond motifs is 1. The molecular weight excluding hydrogens is 264 g/mol. The fraction of sp³-hybridized carbons (Fsp3) is 0.278. The second-order valence-corrected chi connectivity index (χ2v) is 5.41. The first-order valence-electron chi connectivity index (χ1n) is 7.05. The van der Waals surface area contributed by atoms with Gasteiger partial charge in [0.25, 0.3) is 0 Å². The van der Waals surface area contributed by atoms with Crippen LogP contribution in [0.2, 0.25) is 0 Å². The maximum absolute atomic E-state index is 12.3. The van der Waals surface area contributed by atoms with E-state index >= 15 is 0 Å². The highest BCUT2D eigenvalue weighted by molar-refractivity contribution is 6.00. The molecule has 0 aliphatic carbocycles. The zero-order valence-corrected chi connectivity index (χ0v) is 12.3. The van der Waals surface area contributed by atoms with E-state index in [0.29, 0.717) is 24.3 Å². The molecule has 1 atom stereocenters. The lowest BCUT2D eigenvalue weighted by Gasteiger charge is -2.26. The van der Waals surface area contributed by atoms with E-state index in [1.165, 1.54) is 0 Å². The van der Waals surface area contributed by atoms with E-state index in [1.807, 2.05) is 49.4 Å². The first-order chi connectivity index (χ1) is 10.2. The minimum absolute atomic E-state index is 0.144. The molecule has 3 heteroatoms. The lowest BCUT2D eigenvalue weighted by Crippen LogP contribution is -2.20. The molecule has 0 aromatic heterocycles. The van der Waals surface area contributed by atoms with Crippen molar-refractivity contribution in [3.8, 4) is 5.75 Å². The summed E-state index contributed by atoms with van der Waals surface area (Å²) in [6.07, 6.45) is 0.185. The van der Waals surface area contributed by atoms with Gasteiger partial charge in [0.1, 0.15) is 11.9 Å². The van der Waals surface area contributed by atoms with Crippen LogP contribution in [0, 0.1) is 6.92 Å². The van der Waals surface area contributed by atoms with Gasteiger partial charge in [0.05, 0.1) is 18.6 Å². The third-order valence-electron chi connectivity index (χ3n) is 3.74. The fourth-order valence-corrected chi connectivity index (χ4v) is 2.62. The molecule has 0 fully saturated rings. The molecular formula is C18H18O3. The topological polar surface area (TPSA) is 35.5 Å². The minimum Gasteiger partial charge on any atom is -0.484 e. The predicted molar refractivity (Wildman–Crippen MR) is 80.7 cm³/mol. The number of ether oxygens (including phenoxy) is 2. The lowest BCUT2D eigenvalue weighted by atomic mass is 9.95. The van der Waals surface area contributed by atoms with Crippen LogP contribution in [-0.2, 0) is 11.3 Å². The van der Waals surface area contributed by atoms with Crippen molar-refractivity contribution >= 4 is 5.78 Å². The van der Waals surface area contributed by atoms with Gasteiger partial charge in [-0.05, 0) is 30.2 Å². The van der Waals surface area contributed by atoms with E-state index in [-0.39, 0.29) is 11.9 Å². The summed E-state index contributed by atoms with van der Waals surface area (Å²) in [6, 6.07) is 13.8. The van der Waals surface area contributed by atoms with Crippen LogP contribution in [0.3, 0.4) is 0 Å². The van der Waals surface area contributed by atoms with Crippen molar-refractivity contribution < 1.29 is 14.3 Å². The Balaban J connectivity index is 1.85. The molecule has 0 bridgehead atoms. The average Bonchev–Trinajstić information content (AvgIpc) is 2.49. The number of hydrogen-bond acceptors (Lipinski definition) is 3. The number of hydrogen-bond donors (Lipinski definition) is 0. The molecule has 0 N–H and O–H groups in total. The highest BCUT2D eigenvalue weighted by atomic mass is 16.5. The Morgan fingerprint density at radius 1 is 1.19 bits per heavy atom. The van der Waals surface area contributed by atoms with Gasteiger partial charge >= 0.3 is 0 Å². The molecule has 0 radical (unpaired) electrons. The molecule has 0 saturated heterocycles. The van der Waals surface area contributed by atoms with Crippen LogP contribution in [0.1, 0.15) is 39.6 Å². The summed E-state index contributed by atoms with van der Waals surface area (Å²) >= 11 is 0. The number of Topliss-reactive ketones (excluding diaryl/α,β-unsaturated/α-hetero) is 1. The van der Waals surface area contributed by atoms with Crippen LogP contribution in [0.25, 0.3) is 0 Å². The summed E-state index contributed by atoms with van der Waals surface area (Å²) in [4.78, 5) is 12.3. The van der Waals surface area contributed by atoms with Crippen molar-refractivity contribution in [1.82, 2.24) is 0 Å². The van der Waals surface area contributed by atoms with Crippen molar-refractivity contribution in [2.45, 2.75) is 26.1 Å². The highest BCUT2D eigenvalue weighted by Gasteiger charge is 2.27. The molecule has 0 amide bonds. The third kappa shape index (κ3) is 2.83. The van der Waals surface area contributed by atoms with Crippen LogP contribution in [-0.4, -0.2) is 12.9 Å². The Labute approximate surface area is 124 Å². The van der Waals surface area contributed by atoms with Crippen LogP contribution in [0.15, 0.2) is 42.5 Å². The summed E-state index contributed by atoms with van der Waals surface area (Å²) in [7, 11) is 1.68. The molecule has 1 aliphatic heterocycles. The summed E-state index contributed by atoms with van der Waals surface area (Å²) < 4.78 is 11.1. The molecule has 3 nitrogen and oxygen atoms in total. The fourth-order valence-electron chi connectivity index (χ4n) is 2.62. The van der Waals surface area contributed by atoms with Gasteiger partial charge in [0.2, 0.25) is 0 Å². The van der Waals surface area contributed by atoms with Gasteiger partial charge in [-0.15, -0.1) is 0 Å². The van der Waals surface area contributed by atoms with E-state index in [0.717, 1.165) is 16.7 Å². The largest absolute Gasteiger partial charge is 0.484 e. The van der Waals surface area contributed by atoms with Crippen molar-refractivity contribution in [3.05, 3.63) is 64.7 Å². The second-order valence-electron chi connectivity index (χ2n) is 5.41. The van der Waals surface area contributed by atoms with Crippen molar-refractivity contribution in [3.63, 3.8) is 0 Å². The number of aryl methyl sites for hydroxylation is 1.